The van der Waals surface area contributed by atoms with Crippen molar-refractivity contribution >= 4 is 17.7 Å². The van der Waals surface area contributed by atoms with Crippen LogP contribution in [0, 0.1) is 11.8 Å². The molecule has 0 aromatic heterocycles. The van der Waals surface area contributed by atoms with Gasteiger partial charge in [0.25, 0.3) is 0 Å². The van der Waals surface area contributed by atoms with E-state index in [1.165, 1.54) is 44.9 Å². The van der Waals surface area contributed by atoms with Crippen LogP contribution >= 0.6 is 0 Å². The Balaban J connectivity index is 1.36. The lowest BCUT2D eigenvalue weighted by molar-refractivity contribution is 0.00908. The molecule has 6 nitrogen and oxygen atoms in total. The van der Waals surface area contributed by atoms with Crippen LogP contribution in [0.4, 0.5) is 10.5 Å². The Hall–Kier alpha value is -2.34. The third kappa shape index (κ3) is 3.51. The fraction of sp³-hybridized carbons (Fsp3) is 0.583. The molecule has 2 bridgehead atoms. The molecule has 1 N–H and O–H groups in total. The van der Waals surface area contributed by atoms with Gasteiger partial charge in [-0.3, -0.25) is 4.90 Å². The molecule has 0 spiro atoms. The third-order valence-electron chi connectivity index (χ3n) is 7.45. The highest BCUT2D eigenvalue weighted by Gasteiger charge is 2.46. The molecule has 0 saturated carbocycles. The van der Waals surface area contributed by atoms with Crippen LogP contribution in [0.25, 0.3) is 0 Å². The van der Waals surface area contributed by atoms with Crippen molar-refractivity contribution in [1.29, 1.82) is 0 Å². The number of urea groups is 1. The summed E-state index contributed by atoms with van der Waals surface area (Å²) in [4.78, 5) is 29.8. The van der Waals surface area contributed by atoms with E-state index in [1.54, 1.807) is 18.2 Å². The molecular formula is C24H31N3O3. The van der Waals surface area contributed by atoms with E-state index in [2.05, 4.69) is 16.3 Å². The number of carbonyl (C=O) groups is 2. The summed E-state index contributed by atoms with van der Waals surface area (Å²) in [5.74, 6) is 0.790. The second-order valence-electron chi connectivity index (χ2n) is 9.20. The number of rotatable bonds is 2. The molecule has 5 rings (SSSR count). The molecular weight excluding hydrogens is 378 g/mol. The number of hydrogen-bond donors (Lipinski definition) is 1. The van der Waals surface area contributed by atoms with Crippen LogP contribution in [-0.4, -0.2) is 60.6 Å². The van der Waals surface area contributed by atoms with Crippen LogP contribution < -0.4 is 5.32 Å². The predicted octanol–water partition coefficient (Wildman–Crippen LogP) is 3.90. The van der Waals surface area contributed by atoms with Crippen molar-refractivity contribution in [1.82, 2.24) is 9.80 Å². The van der Waals surface area contributed by atoms with Gasteiger partial charge in [0.2, 0.25) is 0 Å². The number of fused-ring (bicyclic) bond motifs is 6. The quantitative estimate of drug-likeness (QED) is 0.594. The summed E-state index contributed by atoms with van der Waals surface area (Å²) in [6.07, 6.45) is 9.86. The number of amides is 2. The van der Waals surface area contributed by atoms with Crippen molar-refractivity contribution in [3.63, 3.8) is 0 Å². The van der Waals surface area contributed by atoms with Gasteiger partial charge in [-0.2, -0.15) is 0 Å². The molecule has 6 heteroatoms. The molecule has 3 aliphatic heterocycles. The number of piperidine rings is 3. The molecule has 4 atom stereocenters. The number of carbonyl (C=O) groups excluding carboxylic acids is 2. The summed E-state index contributed by atoms with van der Waals surface area (Å²) >= 11 is 0. The van der Waals surface area contributed by atoms with Gasteiger partial charge in [0.05, 0.1) is 18.7 Å². The average Bonchev–Trinajstić information content (AvgIpc) is 2.78. The number of benzene rings is 1. The normalized spacial score (nSPS) is 30.6. The lowest BCUT2D eigenvalue weighted by Gasteiger charge is -2.54. The van der Waals surface area contributed by atoms with Gasteiger partial charge in [0, 0.05) is 24.8 Å². The predicted molar refractivity (Wildman–Crippen MR) is 115 cm³/mol. The molecule has 3 heterocycles. The highest BCUT2D eigenvalue weighted by molar-refractivity contribution is 5.94. The van der Waals surface area contributed by atoms with Gasteiger partial charge in [0.15, 0.2) is 0 Å². The Morgan fingerprint density at radius 3 is 2.93 bits per heavy atom. The Labute approximate surface area is 178 Å². The van der Waals surface area contributed by atoms with E-state index in [0.717, 1.165) is 25.9 Å². The molecule has 4 aliphatic rings. The van der Waals surface area contributed by atoms with Crippen LogP contribution in [0.3, 0.4) is 0 Å². The van der Waals surface area contributed by atoms with Gasteiger partial charge >= 0.3 is 12.0 Å². The molecule has 30 heavy (non-hydrogen) atoms. The zero-order valence-electron chi connectivity index (χ0n) is 17.7. The molecule has 0 radical (unpaired) electrons. The third-order valence-corrected chi connectivity index (χ3v) is 7.45. The van der Waals surface area contributed by atoms with Gasteiger partial charge in [-0.25, -0.2) is 9.59 Å². The van der Waals surface area contributed by atoms with E-state index in [-0.39, 0.29) is 12.1 Å². The first-order valence-corrected chi connectivity index (χ1v) is 11.3. The molecule has 0 unspecified atom stereocenters. The second kappa shape index (κ2) is 8.06. The van der Waals surface area contributed by atoms with Crippen molar-refractivity contribution in [2.24, 2.45) is 11.8 Å². The Morgan fingerprint density at radius 2 is 2.07 bits per heavy atom. The fourth-order valence-corrected chi connectivity index (χ4v) is 6.24. The summed E-state index contributed by atoms with van der Waals surface area (Å²) in [5, 5.41) is 3.03. The molecule has 160 valence electrons. The maximum absolute atomic E-state index is 13.3. The van der Waals surface area contributed by atoms with Gasteiger partial charge in [-0.05, 0) is 68.7 Å². The summed E-state index contributed by atoms with van der Waals surface area (Å²) in [6.45, 7) is 3.11. The summed E-state index contributed by atoms with van der Waals surface area (Å²) in [6, 6.07) is 7.83. The summed E-state index contributed by atoms with van der Waals surface area (Å²) in [5.41, 5.74) is 2.55. The maximum Gasteiger partial charge on any atom is 0.337 e. The van der Waals surface area contributed by atoms with Crippen LogP contribution in [0.15, 0.2) is 35.9 Å². The van der Waals surface area contributed by atoms with E-state index in [9.17, 15) is 9.59 Å². The smallest absolute Gasteiger partial charge is 0.337 e. The van der Waals surface area contributed by atoms with Gasteiger partial charge in [-0.15, -0.1) is 0 Å². The lowest BCUT2D eigenvalue weighted by Crippen LogP contribution is -2.60. The highest BCUT2D eigenvalue weighted by atomic mass is 16.5. The Morgan fingerprint density at radius 1 is 1.17 bits per heavy atom. The maximum atomic E-state index is 13.3. The van der Waals surface area contributed by atoms with Crippen LogP contribution in [-0.2, 0) is 4.74 Å². The highest BCUT2D eigenvalue weighted by Crippen LogP contribution is 2.45. The van der Waals surface area contributed by atoms with Crippen molar-refractivity contribution in [2.45, 2.75) is 50.6 Å². The van der Waals surface area contributed by atoms with Crippen molar-refractivity contribution in [3.05, 3.63) is 41.5 Å². The number of anilines is 1. The van der Waals surface area contributed by atoms with Gasteiger partial charge < -0.3 is 15.0 Å². The molecule has 1 aliphatic carbocycles. The standard InChI is InChI=1S/C24H31N3O3/c1-30-23(28)17-6-4-8-20(14-17)25-24(29)27-11-5-7-16-12-18-13-19(22(16)27)15-26-10-3-2-9-21(18)26/h4,6,8,12,14,18-19,21-22H,2-3,5,7,9-11,13,15H2,1H3,(H,25,29)/t18-,19-,21-,22-/m1/s1. The molecule has 2 amide bonds. The van der Waals surface area contributed by atoms with Gasteiger partial charge in [-0.1, -0.05) is 24.1 Å². The van der Waals surface area contributed by atoms with Crippen LogP contribution in [0.1, 0.15) is 48.9 Å². The zero-order valence-corrected chi connectivity index (χ0v) is 17.7. The van der Waals surface area contributed by atoms with Crippen molar-refractivity contribution < 1.29 is 14.3 Å². The number of nitrogens with one attached hydrogen (secondary N) is 1. The van der Waals surface area contributed by atoms with Crippen molar-refractivity contribution in [2.75, 3.05) is 32.1 Å². The summed E-state index contributed by atoms with van der Waals surface area (Å²) < 4.78 is 4.80. The van der Waals surface area contributed by atoms with E-state index in [0.29, 0.717) is 29.1 Å². The SMILES string of the molecule is COC(=O)c1cccc(NC(=O)N2CCCC3=C[C@@H]4C[C@H](CN5CCCC[C@H]45)[C@@H]32)c1. The van der Waals surface area contributed by atoms with Crippen LogP contribution in [0.5, 0.6) is 0 Å². The van der Waals surface area contributed by atoms with Crippen LogP contribution in [0.2, 0.25) is 0 Å². The molecule has 1 aromatic rings. The number of nitrogens with zero attached hydrogens (tertiary/aromatic N) is 2. The Kier molecular flexibility index (Phi) is 5.27. The van der Waals surface area contributed by atoms with Gasteiger partial charge in [0.1, 0.15) is 0 Å². The number of methoxy groups -OCH3 is 1. The van der Waals surface area contributed by atoms with E-state index in [1.807, 2.05) is 11.0 Å². The van der Waals surface area contributed by atoms with E-state index in [4.69, 9.17) is 4.74 Å². The first kappa shape index (κ1) is 19.6. The minimum Gasteiger partial charge on any atom is -0.465 e. The minimum atomic E-state index is -0.397. The minimum absolute atomic E-state index is 0.0631. The average molecular weight is 410 g/mol. The first-order chi connectivity index (χ1) is 14.6. The topological polar surface area (TPSA) is 61.9 Å². The first-order valence-electron chi connectivity index (χ1n) is 11.3. The number of hydrogen-bond acceptors (Lipinski definition) is 4. The number of likely N-dealkylation sites (tertiary alicyclic amines) is 1. The molecule has 3 fully saturated rings. The number of esters is 1. The lowest BCUT2D eigenvalue weighted by atomic mass is 9.68. The van der Waals surface area contributed by atoms with E-state index >= 15 is 0 Å². The largest absolute Gasteiger partial charge is 0.465 e. The second-order valence-corrected chi connectivity index (χ2v) is 9.20. The Bertz CT molecular complexity index is 867. The zero-order chi connectivity index (χ0) is 20.7. The molecule has 1 aromatic carbocycles. The fourth-order valence-electron chi connectivity index (χ4n) is 6.24. The van der Waals surface area contributed by atoms with Crippen molar-refractivity contribution in [3.8, 4) is 0 Å². The summed E-state index contributed by atoms with van der Waals surface area (Å²) in [7, 11) is 1.36. The molecule has 3 saturated heterocycles. The number of ether oxygens (including phenoxy) is 1. The monoisotopic (exact) mass is 409 g/mol. The van der Waals surface area contributed by atoms with E-state index < -0.39 is 5.97 Å².